The van der Waals surface area contributed by atoms with Crippen molar-refractivity contribution in [3.63, 3.8) is 0 Å². The third-order valence-corrected chi connectivity index (χ3v) is 2.95. The molecule has 0 aromatic carbocycles. The molecule has 0 atom stereocenters. The minimum Gasteiger partial charge on any atom is -0.465 e. The number of carbonyl (C=O) groups is 1. The van der Waals surface area contributed by atoms with E-state index in [1.807, 2.05) is 6.92 Å². The van der Waals surface area contributed by atoms with Crippen LogP contribution in [-0.4, -0.2) is 30.3 Å². The standard InChI is InChI=1S/C11H19F3O2S/c1-2-3-4-5-10(15)16-7-9-17-8-6-11(12,13)14/h2-9H2,1H3. The molecular weight excluding hydrogens is 253 g/mol. The zero-order valence-corrected chi connectivity index (χ0v) is 10.8. The first-order valence-electron chi connectivity index (χ1n) is 5.76. The molecule has 0 aliphatic rings. The molecule has 0 aliphatic carbocycles. The van der Waals surface area contributed by atoms with Crippen molar-refractivity contribution in [1.82, 2.24) is 0 Å². The average Bonchev–Trinajstić information content (AvgIpc) is 2.22. The molecule has 0 N–H and O–H groups in total. The van der Waals surface area contributed by atoms with E-state index in [4.69, 9.17) is 4.74 Å². The van der Waals surface area contributed by atoms with E-state index in [-0.39, 0.29) is 18.3 Å². The third-order valence-electron chi connectivity index (χ3n) is 2.01. The summed E-state index contributed by atoms with van der Waals surface area (Å²) in [4.78, 5) is 11.1. The fourth-order valence-electron chi connectivity index (χ4n) is 1.10. The number of rotatable bonds is 9. The van der Waals surface area contributed by atoms with Gasteiger partial charge in [0.15, 0.2) is 0 Å². The maximum atomic E-state index is 11.8. The van der Waals surface area contributed by atoms with Crippen LogP contribution in [0.3, 0.4) is 0 Å². The first-order chi connectivity index (χ1) is 7.95. The smallest absolute Gasteiger partial charge is 0.389 e. The van der Waals surface area contributed by atoms with Gasteiger partial charge in [0.25, 0.3) is 0 Å². The second kappa shape index (κ2) is 9.62. The molecule has 0 radical (unpaired) electrons. The van der Waals surface area contributed by atoms with Gasteiger partial charge in [-0.1, -0.05) is 19.8 Å². The summed E-state index contributed by atoms with van der Waals surface area (Å²) in [6.07, 6.45) is -1.63. The minimum atomic E-state index is -4.09. The summed E-state index contributed by atoms with van der Waals surface area (Å²) in [5, 5.41) is 0. The van der Waals surface area contributed by atoms with E-state index in [9.17, 15) is 18.0 Å². The van der Waals surface area contributed by atoms with E-state index in [0.717, 1.165) is 31.0 Å². The summed E-state index contributed by atoms with van der Waals surface area (Å²) in [5.74, 6) is 0.196. The molecule has 2 nitrogen and oxygen atoms in total. The molecular formula is C11H19F3O2S. The van der Waals surface area contributed by atoms with Crippen LogP contribution in [0.2, 0.25) is 0 Å². The lowest BCUT2D eigenvalue weighted by Gasteiger charge is -2.06. The van der Waals surface area contributed by atoms with Gasteiger partial charge in [-0.3, -0.25) is 4.79 Å². The van der Waals surface area contributed by atoms with Crippen LogP contribution in [0.5, 0.6) is 0 Å². The van der Waals surface area contributed by atoms with Gasteiger partial charge in [0, 0.05) is 17.9 Å². The topological polar surface area (TPSA) is 26.3 Å². The number of thioether (sulfide) groups is 1. The van der Waals surface area contributed by atoms with Crippen molar-refractivity contribution in [2.24, 2.45) is 0 Å². The maximum Gasteiger partial charge on any atom is 0.389 e. The van der Waals surface area contributed by atoms with E-state index in [1.165, 1.54) is 0 Å². The summed E-state index contributed by atoms with van der Waals surface area (Å²) in [5.41, 5.74) is 0. The van der Waals surface area contributed by atoms with Crippen molar-refractivity contribution in [2.45, 2.75) is 45.2 Å². The second-order valence-electron chi connectivity index (χ2n) is 3.66. The molecule has 0 saturated carbocycles. The molecule has 17 heavy (non-hydrogen) atoms. The molecule has 0 saturated heterocycles. The van der Waals surface area contributed by atoms with Crippen molar-refractivity contribution < 1.29 is 22.7 Å². The number of carbonyl (C=O) groups excluding carboxylic acids is 1. The quantitative estimate of drug-likeness (QED) is 0.472. The summed E-state index contributed by atoms with van der Waals surface area (Å²) in [6, 6.07) is 0. The Morgan fingerprint density at radius 2 is 1.94 bits per heavy atom. The van der Waals surface area contributed by atoms with Gasteiger partial charge >= 0.3 is 12.1 Å². The number of unbranched alkanes of at least 4 members (excludes halogenated alkanes) is 2. The molecule has 0 aromatic heterocycles. The molecule has 0 bridgehead atoms. The van der Waals surface area contributed by atoms with Crippen LogP contribution >= 0.6 is 11.8 Å². The van der Waals surface area contributed by atoms with Crippen LogP contribution in [-0.2, 0) is 9.53 Å². The van der Waals surface area contributed by atoms with Crippen molar-refractivity contribution >= 4 is 17.7 Å². The Labute approximate surface area is 104 Å². The zero-order valence-electron chi connectivity index (χ0n) is 10.0. The number of alkyl halides is 3. The highest BCUT2D eigenvalue weighted by Gasteiger charge is 2.25. The molecule has 0 fully saturated rings. The molecule has 0 amide bonds. The normalized spacial score (nSPS) is 11.5. The van der Waals surface area contributed by atoms with Crippen LogP contribution in [0.25, 0.3) is 0 Å². The fraction of sp³-hybridized carbons (Fsp3) is 0.909. The van der Waals surface area contributed by atoms with Crippen molar-refractivity contribution in [3.05, 3.63) is 0 Å². The van der Waals surface area contributed by atoms with E-state index in [1.54, 1.807) is 0 Å². The summed E-state index contributed by atoms with van der Waals surface area (Å²) in [6.45, 7) is 2.25. The number of ether oxygens (including phenoxy) is 1. The lowest BCUT2D eigenvalue weighted by molar-refractivity contribution is -0.143. The van der Waals surface area contributed by atoms with E-state index >= 15 is 0 Å². The predicted octanol–water partition coefficient (Wildman–Crippen LogP) is 3.80. The monoisotopic (exact) mass is 272 g/mol. The SMILES string of the molecule is CCCCCC(=O)OCCSCCC(F)(F)F. The minimum absolute atomic E-state index is 0.0247. The van der Waals surface area contributed by atoms with Gasteiger partial charge < -0.3 is 4.74 Å². The zero-order chi connectivity index (χ0) is 13.1. The first kappa shape index (κ1) is 16.6. The van der Waals surface area contributed by atoms with Crippen molar-refractivity contribution in [1.29, 1.82) is 0 Å². The Hall–Kier alpha value is -0.390. The fourth-order valence-corrected chi connectivity index (χ4v) is 1.88. The lowest BCUT2D eigenvalue weighted by atomic mass is 10.2. The van der Waals surface area contributed by atoms with E-state index < -0.39 is 12.6 Å². The lowest BCUT2D eigenvalue weighted by Crippen LogP contribution is -2.10. The molecule has 0 aliphatic heterocycles. The summed E-state index contributed by atoms with van der Waals surface area (Å²) < 4.78 is 40.2. The van der Waals surface area contributed by atoms with Crippen LogP contribution in [0.1, 0.15) is 39.0 Å². The molecule has 0 aromatic rings. The van der Waals surface area contributed by atoms with Gasteiger partial charge in [0.1, 0.15) is 6.61 Å². The number of esters is 1. The Bertz CT molecular complexity index is 207. The van der Waals surface area contributed by atoms with Crippen LogP contribution in [0, 0.1) is 0 Å². The number of halogens is 3. The van der Waals surface area contributed by atoms with Gasteiger partial charge in [-0.15, -0.1) is 0 Å². The predicted molar refractivity (Wildman–Crippen MR) is 63.1 cm³/mol. The first-order valence-corrected chi connectivity index (χ1v) is 6.91. The van der Waals surface area contributed by atoms with Crippen molar-refractivity contribution in [2.75, 3.05) is 18.1 Å². The summed E-state index contributed by atoms with van der Waals surface area (Å²) in [7, 11) is 0. The van der Waals surface area contributed by atoms with E-state index in [0.29, 0.717) is 12.2 Å². The maximum absolute atomic E-state index is 11.8. The highest BCUT2D eigenvalue weighted by atomic mass is 32.2. The van der Waals surface area contributed by atoms with Gasteiger partial charge in [-0.2, -0.15) is 24.9 Å². The molecule has 6 heteroatoms. The Balaban J connectivity index is 3.25. The highest BCUT2D eigenvalue weighted by molar-refractivity contribution is 7.99. The number of hydrogen-bond acceptors (Lipinski definition) is 3. The molecule has 0 spiro atoms. The van der Waals surface area contributed by atoms with Crippen LogP contribution in [0.15, 0.2) is 0 Å². The molecule has 0 heterocycles. The molecule has 0 rings (SSSR count). The summed E-state index contributed by atoms with van der Waals surface area (Å²) >= 11 is 1.15. The highest BCUT2D eigenvalue weighted by Crippen LogP contribution is 2.21. The largest absolute Gasteiger partial charge is 0.465 e. The van der Waals surface area contributed by atoms with Crippen LogP contribution < -0.4 is 0 Å². The molecule has 102 valence electrons. The molecule has 0 unspecified atom stereocenters. The Kier molecular flexibility index (Phi) is 9.40. The van der Waals surface area contributed by atoms with Crippen LogP contribution in [0.4, 0.5) is 13.2 Å². The van der Waals surface area contributed by atoms with Gasteiger partial charge in [-0.25, -0.2) is 0 Å². The van der Waals surface area contributed by atoms with Gasteiger partial charge in [0.2, 0.25) is 0 Å². The third kappa shape index (κ3) is 13.5. The van der Waals surface area contributed by atoms with Crippen molar-refractivity contribution in [3.8, 4) is 0 Å². The average molecular weight is 272 g/mol. The van der Waals surface area contributed by atoms with Gasteiger partial charge in [-0.05, 0) is 6.42 Å². The van der Waals surface area contributed by atoms with E-state index in [2.05, 4.69) is 0 Å². The Morgan fingerprint density at radius 1 is 1.24 bits per heavy atom. The van der Waals surface area contributed by atoms with Gasteiger partial charge in [0.05, 0.1) is 6.42 Å². The Morgan fingerprint density at radius 3 is 2.53 bits per heavy atom. The number of hydrogen-bond donors (Lipinski definition) is 0. The second-order valence-corrected chi connectivity index (χ2v) is 4.88.